The van der Waals surface area contributed by atoms with Crippen molar-refractivity contribution in [3.8, 4) is 0 Å². The number of carboxylic acid groups (broad SMARTS) is 1. The van der Waals surface area contributed by atoms with Crippen LogP contribution in [0.5, 0.6) is 0 Å². The van der Waals surface area contributed by atoms with Crippen molar-refractivity contribution < 1.29 is 9.90 Å². The van der Waals surface area contributed by atoms with Crippen molar-refractivity contribution in [1.29, 1.82) is 0 Å². The van der Waals surface area contributed by atoms with E-state index in [1.54, 1.807) is 13.8 Å². The summed E-state index contributed by atoms with van der Waals surface area (Å²) in [5.74, 6) is -0.875. The molecule has 0 aliphatic carbocycles. The molecule has 0 heterocycles. The second-order valence-corrected chi connectivity index (χ2v) is 2.26. The molecular weight excluding hydrogens is 140 g/mol. The molecule has 2 nitrogen and oxygen atoms in total. The van der Waals surface area contributed by atoms with Crippen molar-refractivity contribution in [3.63, 3.8) is 0 Å². The Morgan fingerprint density at radius 3 is 1.91 bits per heavy atom. The molecule has 11 heavy (non-hydrogen) atoms. The zero-order chi connectivity index (χ0) is 9.28. The summed E-state index contributed by atoms with van der Waals surface area (Å²) in [5, 5.41) is 8.01. The van der Waals surface area contributed by atoms with Gasteiger partial charge < -0.3 is 5.11 Å². The van der Waals surface area contributed by atoms with Crippen molar-refractivity contribution in [3.05, 3.63) is 24.3 Å². The Balaban J connectivity index is 0. The van der Waals surface area contributed by atoms with Gasteiger partial charge in [-0.3, -0.25) is 0 Å². The second-order valence-electron chi connectivity index (χ2n) is 2.26. The summed E-state index contributed by atoms with van der Waals surface area (Å²) in [6.45, 7) is 9.03. The van der Waals surface area contributed by atoms with Crippen LogP contribution in [0, 0.1) is 0 Å². The summed E-state index contributed by atoms with van der Waals surface area (Å²) in [4.78, 5) is 9.73. The van der Waals surface area contributed by atoms with E-state index in [0.717, 1.165) is 12.0 Å². The standard InChI is InChI=1S/C5H8O2.C4H8/c1-4(2)3-5(6)7;1-3-4-2/h3H,1-2H3,(H,6,7);3H,1,4H2,2H3. The maximum atomic E-state index is 9.73. The SMILES string of the molecule is C=CCC.CC(C)=CC(=O)O. The average molecular weight is 156 g/mol. The minimum atomic E-state index is -0.875. The Bertz CT molecular complexity index is 142. The van der Waals surface area contributed by atoms with Gasteiger partial charge in [-0.2, -0.15) is 0 Å². The molecule has 0 atom stereocenters. The monoisotopic (exact) mass is 156 g/mol. The van der Waals surface area contributed by atoms with Gasteiger partial charge in [0, 0.05) is 6.08 Å². The predicted molar refractivity (Wildman–Crippen MR) is 47.6 cm³/mol. The zero-order valence-electron chi connectivity index (χ0n) is 7.42. The van der Waals surface area contributed by atoms with Gasteiger partial charge in [-0.25, -0.2) is 4.79 Å². The Morgan fingerprint density at radius 2 is 1.91 bits per heavy atom. The van der Waals surface area contributed by atoms with E-state index in [0.29, 0.717) is 0 Å². The molecule has 0 saturated heterocycles. The van der Waals surface area contributed by atoms with E-state index in [-0.39, 0.29) is 0 Å². The highest BCUT2D eigenvalue weighted by atomic mass is 16.4. The number of rotatable bonds is 2. The molecule has 1 N–H and O–H groups in total. The molecule has 0 aromatic carbocycles. The first-order valence-electron chi connectivity index (χ1n) is 3.53. The molecule has 2 heteroatoms. The molecule has 0 aliphatic heterocycles. The first-order valence-corrected chi connectivity index (χ1v) is 3.53. The normalized spacial score (nSPS) is 7.18. The largest absolute Gasteiger partial charge is 0.478 e. The molecular formula is C9H16O2. The quantitative estimate of drug-likeness (QED) is 0.493. The molecule has 0 saturated carbocycles. The van der Waals surface area contributed by atoms with Gasteiger partial charge in [-0.05, 0) is 20.3 Å². The molecule has 0 aliphatic rings. The molecule has 64 valence electrons. The van der Waals surface area contributed by atoms with Crippen LogP contribution >= 0.6 is 0 Å². The van der Waals surface area contributed by atoms with Crippen molar-refractivity contribution in [2.45, 2.75) is 27.2 Å². The van der Waals surface area contributed by atoms with E-state index in [9.17, 15) is 4.79 Å². The summed E-state index contributed by atoms with van der Waals surface area (Å²) < 4.78 is 0. The minimum absolute atomic E-state index is 0.813. The molecule has 0 fully saturated rings. The van der Waals surface area contributed by atoms with Crippen LogP contribution in [0.15, 0.2) is 24.3 Å². The Kier molecular flexibility index (Phi) is 10.3. The molecule has 0 bridgehead atoms. The van der Waals surface area contributed by atoms with Gasteiger partial charge in [-0.1, -0.05) is 18.6 Å². The molecule has 0 aromatic rings. The Labute approximate surface area is 68.2 Å². The first-order chi connectivity index (χ1) is 5.04. The van der Waals surface area contributed by atoms with Gasteiger partial charge in [0.2, 0.25) is 0 Å². The van der Waals surface area contributed by atoms with E-state index < -0.39 is 5.97 Å². The van der Waals surface area contributed by atoms with Crippen molar-refractivity contribution in [2.75, 3.05) is 0 Å². The van der Waals surface area contributed by atoms with Gasteiger partial charge in [0.1, 0.15) is 0 Å². The van der Waals surface area contributed by atoms with E-state index in [1.807, 2.05) is 6.08 Å². The Morgan fingerprint density at radius 1 is 1.55 bits per heavy atom. The lowest BCUT2D eigenvalue weighted by atomic mass is 10.3. The highest BCUT2D eigenvalue weighted by Crippen LogP contribution is 1.85. The van der Waals surface area contributed by atoms with Crippen LogP contribution < -0.4 is 0 Å². The first kappa shape index (κ1) is 12.6. The van der Waals surface area contributed by atoms with Crippen LogP contribution in [0.2, 0.25) is 0 Å². The van der Waals surface area contributed by atoms with Gasteiger partial charge in [-0.15, -0.1) is 6.58 Å². The summed E-state index contributed by atoms with van der Waals surface area (Å²) in [6.07, 6.45) is 4.12. The smallest absolute Gasteiger partial charge is 0.328 e. The van der Waals surface area contributed by atoms with Gasteiger partial charge in [0.05, 0.1) is 0 Å². The minimum Gasteiger partial charge on any atom is -0.478 e. The summed E-state index contributed by atoms with van der Waals surface area (Å²) in [5.41, 5.74) is 0.813. The maximum absolute atomic E-state index is 9.73. The lowest BCUT2D eigenvalue weighted by molar-refractivity contribution is -0.131. The van der Waals surface area contributed by atoms with E-state index in [4.69, 9.17) is 5.11 Å². The second kappa shape index (κ2) is 8.95. The fourth-order valence-electron chi connectivity index (χ4n) is 0.247. The van der Waals surface area contributed by atoms with Crippen LogP contribution in [-0.4, -0.2) is 11.1 Å². The predicted octanol–water partition coefficient (Wildman–Crippen LogP) is 2.62. The van der Waals surface area contributed by atoms with Gasteiger partial charge >= 0.3 is 5.97 Å². The zero-order valence-corrected chi connectivity index (χ0v) is 7.42. The van der Waals surface area contributed by atoms with Crippen LogP contribution in [0.4, 0.5) is 0 Å². The fraction of sp³-hybridized carbons (Fsp3) is 0.444. The number of aliphatic carboxylic acids is 1. The molecule has 0 amide bonds. The lowest BCUT2D eigenvalue weighted by Gasteiger charge is -1.79. The van der Waals surface area contributed by atoms with Crippen LogP contribution in [0.1, 0.15) is 27.2 Å². The molecule has 0 spiro atoms. The van der Waals surface area contributed by atoms with E-state index in [2.05, 4.69) is 13.5 Å². The third kappa shape index (κ3) is 27.7. The summed E-state index contributed by atoms with van der Waals surface area (Å²) in [7, 11) is 0. The molecule has 0 unspecified atom stereocenters. The average Bonchev–Trinajstić information content (AvgIpc) is 1.85. The summed E-state index contributed by atoms with van der Waals surface area (Å²) >= 11 is 0. The summed E-state index contributed by atoms with van der Waals surface area (Å²) in [6, 6.07) is 0. The van der Waals surface area contributed by atoms with E-state index >= 15 is 0 Å². The molecule has 0 aromatic heterocycles. The van der Waals surface area contributed by atoms with Crippen LogP contribution in [0.25, 0.3) is 0 Å². The van der Waals surface area contributed by atoms with Gasteiger partial charge in [0.15, 0.2) is 0 Å². The third-order valence-electron chi connectivity index (χ3n) is 0.701. The number of carboxylic acids is 1. The van der Waals surface area contributed by atoms with Gasteiger partial charge in [0.25, 0.3) is 0 Å². The highest BCUT2D eigenvalue weighted by molar-refractivity contribution is 5.80. The topological polar surface area (TPSA) is 37.3 Å². The number of hydrogen-bond acceptors (Lipinski definition) is 1. The number of hydrogen-bond donors (Lipinski definition) is 1. The molecule has 0 rings (SSSR count). The Hall–Kier alpha value is -1.05. The molecule has 0 radical (unpaired) electrons. The number of carbonyl (C=O) groups is 1. The van der Waals surface area contributed by atoms with Crippen LogP contribution in [0.3, 0.4) is 0 Å². The van der Waals surface area contributed by atoms with E-state index in [1.165, 1.54) is 6.08 Å². The maximum Gasteiger partial charge on any atom is 0.328 e. The van der Waals surface area contributed by atoms with Crippen LogP contribution in [-0.2, 0) is 4.79 Å². The number of allylic oxidation sites excluding steroid dienone is 2. The van der Waals surface area contributed by atoms with Crippen molar-refractivity contribution >= 4 is 5.97 Å². The third-order valence-corrected chi connectivity index (χ3v) is 0.701. The van der Waals surface area contributed by atoms with Crippen molar-refractivity contribution in [2.24, 2.45) is 0 Å². The highest BCUT2D eigenvalue weighted by Gasteiger charge is 1.83. The lowest BCUT2D eigenvalue weighted by Crippen LogP contribution is -1.86. The van der Waals surface area contributed by atoms with Crippen molar-refractivity contribution in [1.82, 2.24) is 0 Å². The fourth-order valence-corrected chi connectivity index (χ4v) is 0.247.